The molecule has 0 saturated carbocycles. The van der Waals surface area contributed by atoms with Crippen LogP contribution in [0.5, 0.6) is 0 Å². The number of nitrogens with one attached hydrogen (secondary N) is 3. The fourth-order valence-corrected chi connectivity index (χ4v) is 6.18. The van der Waals surface area contributed by atoms with Crippen LogP contribution in [0.2, 0.25) is 0 Å². The first-order chi connectivity index (χ1) is 23.6. The minimum atomic E-state index is -4.76. The van der Waals surface area contributed by atoms with Crippen LogP contribution in [0.1, 0.15) is 49.9 Å². The average molecular weight is 683 g/mol. The maximum absolute atomic E-state index is 14.0. The number of hydrogen-bond donors (Lipinski definition) is 4. The van der Waals surface area contributed by atoms with E-state index in [9.17, 15) is 27.6 Å². The highest BCUT2D eigenvalue weighted by atomic mass is 19.4. The third-order valence-electron chi connectivity index (χ3n) is 8.83. The number of nitrogens with zero attached hydrogens (tertiary/aromatic N) is 5. The number of urea groups is 1. The van der Waals surface area contributed by atoms with E-state index in [4.69, 9.17) is 5.11 Å². The molecule has 262 valence electrons. The number of halogens is 3. The zero-order valence-corrected chi connectivity index (χ0v) is 27.1. The molecule has 49 heavy (non-hydrogen) atoms. The van der Waals surface area contributed by atoms with Crippen LogP contribution in [0.3, 0.4) is 0 Å². The van der Waals surface area contributed by atoms with Gasteiger partial charge < -0.3 is 30.9 Å². The van der Waals surface area contributed by atoms with Crippen LogP contribution >= 0.6 is 0 Å². The monoisotopic (exact) mass is 682 g/mol. The van der Waals surface area contributed by atoms with E-state index >= 15 is 0 Å². The normalized spacial score (nSPS) is 16.8. The molecule has 1 atom stereocenters. The van der Waals surface area contributed by atoms with Crippen molar-refractivity contribution in [3.8, 4) is 11.3 Å². The number of amides is 3. The second-order valence-corrected chi connectivity index (χ2v) is 12.3. The molecule has 2 fully saturated rings. The van der Waals surface area contributed by atoms with Gasteiger partial charge in [-0.3, -0.25) is 14.6 Å². The number of pyridine rings is 1. The summed E-state index contributed by atoms with van der Waals surface area (Å²) in [6, 6.07) is 14.1. The van der Waals surface area contributed by atoms with Crippen molar-refractivity contribution in [3.05, 3.63) is 66.1 Å². The van der Waals surface area contributed by atoms with Crippen LogP contribution in [0, 0.1) is 5.92 Å². The summed E-state index contributed by atoms with van der Waals surface area (Å²) in [5.41, 5.74) is 2.91. The SMILES string of the molecule is O=C(O)CCNC(=O)NCCC1CCN(c2cc(N3CCC[C@H]3C(=O)NCCc3ccc(-c4ccccn4)cc3)nc(C(F)(F)F)n2)CC1. The van der Waals surface area contributed by atoms with E-state index in [1.807, 2.05) is 47.4 Å². The molecule has 2 aromatic heterocycles. The Labute approximate surface area is 282 Å². The molecule has 0 unspecified atom stereocenters. The quantitative estimate of drug-likeness (QED) is 0.207. The van der Waals surface area contributed by atoms with E-state index in [2.05, 4.69) is 30.9 Å². The number of hydrogen-bond acceptors (Lipinski definition) is 8. The third kappa shape index (κ3) is 10.0. The van der Waals surface area contributed by atoms with Crippen LogP contribution in [-0.2, 0) is 22.2 Å². The summed E-state index contributed by atoms with van der Waals surface area (Å²) in [5.74, 6) is -1.97. The highest BCUT2D eigenvalue weighted by Gasteiger charge is 2.39. The Morgan fingerprint density at radius 1 is 0.878 bits per heavy atom. The summed E-state index contributed by atoms with van der Waals surface area (Å²) < 4.78 is 41.9. The average Bonchev–Trinajstić information content (AvgIpc) is 3.59. The number of carboxylic acid groups (broad SMARTS) is 1. The van der Waals surface area contributed by atoms with Gasteiger partial charge in [0.2, 0.25) is 11.7 Å². The molecule has 3 aromatic rings. The van der Waals surface area contributed by atoms with Gasteiger partial charge in [-0.2, -0.15) is 13.2 Å². The smallest absolute Gasteiger partial charge is 0.451 e. The van der Waals surface area contributed by atoms with Crippen molar-refractivity contribution in [2.75, 3.05) is 49.1 Å². The molecule has 5 rings (SSSR count). The molecule has 4 N–H and O–H groups in total. The van der Waals surface area contributed by atoms with Crippen LogP contribution in [0.4, 0.5) is 29.6 Å². The number of alkyl halides is 3. The van der Waals surface area contributed by atoms with Crippen molar-refractivity contribution in [1.82, 2.24) is 30.9 Å². The van der Waals surface area contributed by atoms with Crippen LogP contribution < -0.4 is 25.8 Å². The highest BCUT2D eigenvalue weighted by molar-refractivity contribution is 5.85. The number of benzene rings is 1. The first kappa shape index (κ1) is 35.4. The Hall–Kier alpha value is -4.95. The molecule has 1 aromatic carbocycles. The first-order valence-corrected chi connectivity index (χ1v) is 16.6. The lowest BCUT2D eigenvalue weighted by molar-refractivity contribution is -0.144. The summed E-state index contributed by atoms with van der Waals surface area (Å²) >= 11 is 0. The lowest BCUT2D eigenvalue weighted by Gasteiger charge is -2.34. The number of piperidine rings is 1. The maximum atomic E-state index is 14.0. The molecule has 2 aliphatic heterocycles. The molecule has 3 amide bonds. The number of aliphatic carboxylic acids is 1. The second-order valence-electron chi connectivity index (χ2n) is 12.3. The fraction of sp³-hybridized carbons (Fsp3) is 0.471. The Morgan fingerprint density at radius 2 is 1.61 bits per heavy atom. The van der Waals surface area contributed by atoms with Gasteiger partial charge in [0.05, 0.1) is 12.1 Å². The van der Waals surface area contributed by atoms with Gasteiger partial charge in [0.1, 0.15) is 17.7 Å². The number of carbonyl (C=O) groups is 3. The summed E-state index contributed by atoms with van der Waals surface area (Å²) in [6.07, 6.45) is 0.641. The molecule has 2 saturated heterocycles. The summed E-state index contributed by atoms with van der Waals surface area (Å²) in [6.45, 7) is 2.18. The number of aromatic nitrogens is 3. The van der Waals surface area contributed by atoms with Crippen molar-refractivity contribution in [3.63, 3.8) is 0 Å². The number of anilines is 2. The van der Waals surface area contributed by atoms with Gasteiger partial charge in [-0.25, -0.2) is 14.8 Å². The van der Waals surface area contributed by atoms with E-state index in [1.54, 1.807) is 17.2 Å². The molecular formula is C34H41F3N8O4. The predicted molar refractivity (Wildman–Crippen MR) is 177 cm³/mol. The van der Waals surface area contributed by atoms with E-state index in [0.29, 0.717) is 71.2 Å². The number of carboxylic acids is 1. The van der Waals surface area contributed by atoms with Crippen LogP contribution in [0.25, 0.3) is 11.3 Å². The van der Waals surface area contributed by atoms with E-state index in [-0.39, 0.29) is 36.4 Å². The minimum Gasteiger partial charge on any atom is -0.481 e. The molecule has 0 aliphatic carbocycles. The molecule has 0 radical (unpaired) electrons. The van der Waals surface area contributed by atoms with Gasteiger partial charge in [-0.05, 0) is 62.1 Å². The molecule has 0 spiro atoms. The van der Waals surface area contributed by atoms with Crippen molar-refractivity contribution in [2.45, 2.75) is 57.2 Å². The summed E-state index contributed by atoms with van der Waals surface area (Å²) in [5, 5.41) is 16.8. The Morgan fingerprint density at radius 3 is 2.31 bits per heavy atom. The van der Waals surface area contributed by atoms with Gasteiger partial charge >= 0.3 is 18.2 Å². The number of rotatable bonds is 13. The predicted octanol–water partition coefficient (Wildman–Crippen LogP) is 4.27. The van der Waals surface area contributed by atoms with Crippen molar-refractivity contribution in [1.29, 1.82) is 0 Å². The van der Waals surface area contributed by atoms with Crippen molar-refractivity contribution < 1.29 is 32.7 Å². The van der Waals surface area contributed by atoms with Crippen LogP contribution in [0.15, 0.2) is 54.7 Å². The van der Waals surface area contributed by atoms with Crippen molar-refractivity contribution >= 4 is 29.5 Å². The third-order valence-corrected chi connectivity index (χ3v) is 8.83. The zero-order valence-electron chi connectivity index (χ0n) is 27.1. The lowest BCUT2D eigenvalue weighted by Crippen LogP contribution is -2.44. The second kappa shape index (κ2) is 16.4. The Balaban J connectivity index is 1.15. The van der Waals surface area contributed by atoms with Gasteiger partial charge in [0.25, 0.3) is 0 Å². The van der Waals surface area contributed by atoms with E-state index in [1.165, 1.54) is 0 Å². The van der Waals surface area contributed by atoms with Gasteiger partial charge in [0, 0.05) is 57.1 Å². The molecule has 12 nitrogen and oxygen atoms in total. The first-order valence-electron chi connectivity index (χ1n) is 16.6. The van der Waals surface area contributed by atoms with E-state index < -0.39 is 30.0 Å². The van der Waals surface area contributed by atoms with Crippen LogP contribution in [-0.4, -0.2) is 83.3 Å². The standard InChI is InChI=1S/C34H41F3N8O4/c35-34(36,37)32-42-28(44-20-13-24(14-21-44)11-17-40-33(49)41-18-12-30(46)47)22-29(43-32)45-19-3-5-27(45)31(48)39-16-10-23-6-8-25(9-7-23)26-4-1-2-15-38-26/h1-2,4,6-9,15,22,24,27H,3,5,10-14,16-21H2,(H,39,48)(H,46,47)(H2,40,41,49)/t27-/m0/s1. The molecular weight excluding hydrogens is 641 g/mol. The highest BCUT2D eigenvalue weighted by Crippen LogP contribution is 2.34. The van der Waals surface area contributed by atoms with Gasteiger partial charge in [-0.15, -0.1) is 0 Å². The van der Waals surface area contributed by atoms with Gasteiger partial charge in [-0.1, -0.05) is 30.3 Å². The Bertz CT molecular complexity index is 1570. The molecule has 4 heterocycles. The van der Waals surface area contributed by atoms with E-state index in [0.717, 1.165) is 16.8 Å². The van der Waals surface area contributed by atoms with Gasteiger partial charge in [0.15, 0.2) is 0 Å². The minimum absolute atomic E-state index is 0.0342. The number of carbonyl (C=O) groups excluding carboxylic acids is 2. The van der Waals surface area contributed by atoms with Crippen molar-refractivity contribution in [2.24, 2.45) is 5.92 Å². The summed E-state index contributed by atoms with van der Waals surface area (Å²) in [4.78, 5) is 51.3. The maximum Gasteiger partial charge on any atom is 0.451 e. The lowest BCUT2D eigenvalue weighted by atomic mass is 9.93. The Kier molecular flexibility index (Phi) is 11.9. The molecule has 15 heteroatoms. The fourth-order valence-electron chi connectivity index (χ4n) is 6.18. The topological polar surface area (TPSA) is 153 Å². The summed E-state index contributed by atoms with van der Waals surface area (Å²) in [7, 11) is 0. The zero-order chi connectivity index (χ0) is 34.8. The molecule has 2 aliphatic rings. The molecule has 0 bridgehead atoms. The largest absolute Gasteiger partial charge is 0.481 e.